The molecule has 0 aromatic carbocycles. The van der Waals surface area contributed by atoms with Crippen molar-refractivity contribution in [2.24, 2.45) is 0 Å². The van der Waals surface area contributed by atoms with Crippen LogP contribution in [0.4, 0.5) is 0 Å². The molecule has 0 atom stereocenters. The van der Waals surface area contributed by atoms with Crippen LogP contribution in [0.3, 0.4) is 0 Å². The average Bonchev–Trinajstić information content (AvgIpc) is 2.04. The van der Waals surface area contributed by atoms with Crippen molar-refractivity contribution in [2.75, 3.05) is 5.75 Å². The minimum atomic E-state index is 0.727. The molecule has 0 aromatic rings. The summed E-state index contributed by atoms with van der Waals surface area (Å²) in [6, 6.07) is 0. The van der Waals surface area contributed by atoms with Crippen LogP contribution < -0.4 is 0 Å². The summed E-state index contributed by atoms with van der Waals surface area (Å²) in [6.45, 7) is 11.0. The van der Waals surface area contributed by atoms with E-state index in [-0.39, 0.29) is 0 Å². The molecule has 0 N–H and O–H groups in total. The Hall–Kier alpha value is -0.890. The van der Waals surface area contributed by atoms with Gasteiger partial charge in [0.1, 0.15) is 5.76 Å². The summed E-state index contributed by atoms with van der Waals surface area (Å²) < 4.78 is 5.30. The summed E-state index contributed by atoms with van der Waals surface area (Å²) in [5.41, 5.74) is 1.08. The van der Waals surface area contributed by atoms with Gasteiger partial charge in [0.2, 0.25) is 0 Å². The lowest BCUT2D eigenvalue weighted by Crippen LogP contribution is -2.00. The highest BCUT2D eigenvalue weighted by Crippen LogP contribution is 2.29. The van der Waals surface area contributed by atoms with Crippen LogP contribution in [0.5, 0.6) is 0 Å². The monoisotopic (exact) mass is 166 g/mol. The number of rotatable bonds is 2. The topological polar surface area (TPSA) is 9.23 Å². The quantitative estimate of drug-likeness (QED) is 0.623. The van der Waals surface area contributed by atoms with Crippen molar-refractivity contribution in [2.45, 2.75) is 0 Å². The predicted molar refractivity (Wildman–Crippen MR) is 50.1 cm³/mol. The molecule has 1 heterocycles. The van der Waals surface area contributed by atoms with E-state index in [0.717, 1.165) is 22.2 Å². The van der Waals surface area contributed by atoms with Crippen LogP contribution in [-0.2, 0) is 4.74 Å². The fourth-order valence-corrected chi connectivity index (χ4v) is 1.50. The molecule has 11 heavy (non-hydrogen) atoms. The Balaban J connectivity index is 2.91. The second kappa shape index (κ2) is 3.49. The molecule has 0 unspecified atom stereocenters. The summed E-state index contributed by atoms with van der Waals surface area (Å²) in [4.78, 5) is 0. The van der Waals surface area contributed by atoms with Crippen molar-refractivity contribution in [3.63, 3.8) is 0 Å². The molecule has 2 heteroatoms. The van der Waals surface area contributed by atoms with Crippen LogP contribution in [0.25, 0.3) is 0 Å². The Morgan fingerprint density at radius 1 is 1.36 bits per heavy atom. The van der Waals surface area contributed by atoms with Gasteiger partial charge in [-0.25, -0.2) is 0 Å². The highest BCUT2D eigenvalue weighted by atomic mass is 32.2. The third-order valence-corrected chi connectivity index (χ3v) is 2.22. The van der Waals surface area contributed by atoms with E-state index in [0.29, 0.717) is 0 Å². The normalized spacial score (nSPS) is 17.6. The van der Waals surface area contributed by atoms with Gasteiger partial charge in [-0.3, -0.25) is 0 Å². The molecule has 0 aromatic heterocycles. The molecule has 0 spiro atoms. The van der Waals surface area contributed by atoms with Gasteiger partial charge in [-0.05, 0) is 12.7 Å². The van der Waals surface area contributed by atoms with Crippen LogP contribution in [0.2, 0.25) is 0 Å². The minimum Gasteiger partial charge on any atom is -0.451 e. The first-order valence-corrected chi connectivity index (χ1v) is 4.24. The van der Waals surface area contributed by atoms with Crippen LogP contribution in [0.15, 0.2) is 48.3 Å². The van der Waals surface area contributed by atoms with Crippen LogP contribution in [0, 0.1) is 0 Å². The van der Waals surface area contributed by atoms with E-state index < -0.39 is 0 Å². The molecule has 0 fully saturated rings. The molecule has 0 saturated heterocycles. The molecule has 0 aliphatic carbocycles. The first-order chi connectivity index (χ1) is 5.27. The molecule has 1 aliphatic heterocycles. The van der Waals surface area contributed by atoms with Crippen molar-refractivity contribution >= 4 is 11.8 Å². The smallest absolute Gasteiger partial charge is 0.153 e. The zero-order valence-electron chi connectivity index (χ0n) is 6.30. The second-order valence-corrected chi connectivity index (χ2v) is 3.09. The van der Waals surface area contributed by atoms with E-state index in [1.54, 1.807) is 23.9 Å². The van der Waals surface area contributed by atoms with Crippen molar-refractivity contribution in [1.29, 1.82) is 0 Å². The third-order valence-electron chi connectivity index (χ3n) is 1.36. The zero-order valence-corrected chi connectivity index (χ0v) is 7.12. The Labute approximate surface area is 71.1 Å². The first kappa shape index (κ1) is 8.21. The zero-order chi connectivity index (χ0) is 8.27. The number of allylic oxidation sites excluding steroid dienone is 2. The van der Waals surface area contributed by atoms with Crippen LogP contribution in [-0.4, -0.2) is 5.75 Å². The van der Waals surface area contributed by atoms with Gasteiger partial charge in [0.25, 0.3) is 0 Å². The van der Waals surface area contributed by atoms with E-state index in [1.807, 2.05) is 0 Å². The van der Waals surface area contributed by atoms with Gasteiger partial charge in [0.15, 0.2) is 5.09 Å². The van der Waals surface area contributed by atoms with Crippen LogP contribution >= 0.6 is 11.8 Å². The third kappa shape index (κ3) is 1.77. The maximum Gasteiger partial charge on any atom is 0.153 e. The molecule has 0 radical (unpaired) electrons. The van der Waals surface area contributed by atoms with Crippen molar-refractivity contribution in [3.8, 4) is 0 Å². The highest BCUT2D eigenvalue weighted by Gasteiger charge is 2.11. The van der Waals surface area contributed by atoms with Gasteiger partial charge in [0.05, 0.1) is 0 Å². The lowest BCUT2D eigenvalue weighted by Gasteiger charge is -2.17. The van der Waals surface area contributed by atoms with E-state index in [1.165, 1.54) is 0 Å². The van der Waals surface area contributed by atoms with Gasteiger partial charge < -0.3 is 4.74 Å². The van der Waals surface area contributed by atoms with E-state index in [9.17, 15) is 0 Å². The Bertz CT molecular complexity index is 238. The lowest BCUT2D eigenvalue weighted by atomic mass is 10.2. The number of thioether (sulfide) groups is 1. The summed E-state index contributed by atoms with van der Waals surface area (Å²) >= 11 is 1.58. The number of hydrogen-bond donors (Lipinski definition) is 0. The fourth-order valence-electron chi connectivity index (χ4n) is 0.779. The lowest BCUT2D eigenvalue weighted by molar-refractivity contribution is 0.349. The second-order valence-electron chi connectivity index (χ2n) is 2.06. The predicted octanol–water partition coefficient (Wildman–Crippen LogP) is 2.85. The fraction of sp³-hybridized carbons (Fsp3) is 0.111. The maximum atomic E-state index is 5.30. The summed E-state index contributed by atoms with van der Waals surface area (Å²) in [5, 5.41) is 0.727. The standard InChI is InChI=1S/C9H10OS/c1-4-8-6-11-7(3)10-9(8)5-2/h4-5H,1-3,6H2. The van der Waals surface area contributed by atoms with Crippen LogP contribution in [0.1, 0.15) is 0 Å². The summed E-state index contributed by atoms with van der Waals surface area (Å²) in [6.07, 6.45) is 3.47. The van der Waals surface area contributed by atoms with E-state index >= 15 is 0 Å². The summed E-state index contributed by atoms with van der Waals surface area (Å²) in [7, 11) is 0. The molecule has 1 aliphatic rings. The molecule has 0 amide bonds. The molecule has 0 bridgehead atoms. The number of hydrogen-bond acceptors (Lipinski definition) is 2. The maximum absolute atomic E-state index is 5.30. The van der Waals surface area contributed by atoms with Crippen molar-refractivity contribution in [3.05, 3.63) is 48.3 Å². The summed E-state index contributed by atoms with van der Waals surface area (Å²) in [5.74, 6) is 1.66. The highest BCUT2D eigenvalue weighted by molar-refractivity contribution is 8.03. The molecule has 1 rings (SSSR count). The van der Waals surface area contributed by atoms with Crippen molar-refractivity contribution in [1.82, 2.24) is 0 Å². The minimum absolute atomic E-state index is 0.727. The molecule has 58 valence electrons. The van der Waals surface area contributed by atoms with Gasteiger partial charge >= 0.3 is 0 Å². The Morgan fingerprint density at radius 2 is 2.09 bits per heavy atom. The van der Waals surface area contributed by atoms with Gasteiger partial charge in [-0.15, -0.1) is 0 Å². The first-order valence-electron chi connectivity index (χ1n) is 3.25. The van der Waals surface area contributed by atoms with E-state index in [2.05, 4.69) is 19.7 Å². The SMILES string of the molecule is C=CC1=C(C=C)OC(=C)SC1. The number of ether oxygens (including phenoxy) is 1. The van der Waals surface area contributed by atoms with E-state index in [4.69, 9.17) is 4.74 Å². The molecule has 0 saturated carbocycles. The molecular formula is C9H10OS. The molecular weight excluding hydrogens is 156 g/mol. The molecule has 1 nitrogen and oxygen atoms in total. The van der Waals surface area contributed by atoms with Gasteiger partial charge in [0, 0.05) is 11.3 Å². The van der Waals surface area contributed by atoms with Gasteiger partial charge in [-0.1, -0.05) is 31.0 Å². The largest absolute Gasteiger partial charge is 0.451 e. The Morgan fingerprint density at radius 3 is 2.64 bits per heavy atom. The average molecular weight is 166 g/mol. The van der Waals surface area contributed by atoms with Crippen molar-refractivity contribution < 1.29 is 4.74 Å². The van der Waals surface area contributed by atoms with Gasteiger partial charge in [-0.2, -0.15) is 0 Å². The Kier molecular flexibility index (Phi) is 2.60.